The van der Waals surface area contributed by atoms with E-state index < -0.39 is 0 Å². The van der Waals surface area contributed by atoms with Crippen LogP contribution < -0.4 is 15.4 Å². The highest BCUT2D eigenvalue weighted by Crippen LogP contribution is 2.23. The molecular formula is C23H41IN6O2. The van der Waals surface area contributed by atoms with Gasteiger partial charge in [-0.25, -0.2) is 0 Å². The second-order valence-corrected chi connectivity index (χ2v) is 8.46. The monoisotopic (exact) mass is 560 g/mol. The minimum atomic E-state index is 0. The van der Waals surface area contributed by atoms with Gasteiger partial charge in [0.15, 0.2) is 5.96 Å². The molecule has 0 aromatic heterocycles. The number of guanidine groups is 1. The molecule has 2 fully saturated rings. The zero-order valence-corrected chi connectivity index (χ0v) is 22.4. The van der Waals surface area contributed by atoms with E-state index in [1.54, 1.807) is 7.11 Å². The molecule has 3 rings (SSSR count). The number of piperazine rings is 1. The summed E-state index contributed by atoms with van der Waals surface area (Å²) in [5.41, 5.74) is 1.27. The molecule has 2 N–H and O–H groups in total. The predicted molar refractivity (Wildman–Crippen MR) is 141 cm³/mol. The topological polar surface area (TPSA) is 64.6 Å². The molecule has 0 saturated carbocycles. The van der Waals surface area contributed by atoms with Gasteiger partial charge >= 0.3 is 0 Å². The van der Waals surface area contributed by atoms with Crippen molar-refractivity contribution >= 4 is 29.9 Å². The van der Waals surface area contributed by atoms with Gasteiger partial charge in [-0.1, -0.05) is 12.1 Å². The van der Waals surface area contributed by atoms with Crippen LogP contribution in [0.5, 0.6) is 5.75 Å². The first-order chi connectivity index (χ1) is 15.1. The van der Waals surface area contributed by atoms with Crippen molar-refractivity contribution in [3.8, 4) is 5.75 Å². The lowest BCUT2D eigenvalue weighted by Crippen LogP contribution is -2.53. The summed E-state index contributed by atoms with van der Waals surface area (Å²) in [5, 5.41) is 7.08. The summed E-state index contributed by atoms with van der Waals surface area (Å²) in [4.78, 5) is 11.9. The Hall–Kier alpha value is -1.14. The normalized spacial score (nSPS) is 20.8. The smallest absolute Gasteiger partial charge is 0.191 e. The molecule has 2 aliphatic heterocycles. The van der Waals surface area contributed by atoms with Crippen LogP contribution in [0.2, 0.25) is 0 Å². The first-order valence-corrected chi connectivity index (χ1v) is 11.4. The summed E-state index contributed by atoms with van der Waals surface area (Å²) < 4.78 is 10.9. The number of aliphatic imine (C=N–C) groups is 1. The van der Waals surface area contributed by atoms with E-state index in [0.29, 0.717) is 6.04 Å². The SMILES string of the molecule is CN=C(NCC(C)N1CCN(C)CC1)NCC(c1ccc(OC)cc1)N1CCOCC1.I. The molecule has 0 amide bonds. The average molecular weight is 561 g/mol. The van der Waals surface area contributed by atoms with E-state index in [1.807, 2.05) is 19.2 Å². The molecule has 2 saturated heterocycles. The van der Waals surface area contributed by atoms with Gasteiger partial charge in [0, 0.05) is 65.4 Å². The van der Waals surface area contributed by atoms with E-state index >= 15 is 0 Å². The average Bonchev–Trinajstić information content (AvgIpc) is 2.82. The maximum Gasteiger partial charge on any atom is 0.191 e. The summed E-state index contributed by atoms with van der Waals surface area (Å²) in [5.74, 6) is 1.74. The van der Waals surface area contributed by atoms with Crippen LogP contribution >= 0.6 is 24.0 Å². The van der Waals surface area contributed by atoms with Crippen molar-refractivity contribution in [3.63, 3.8) is 0 Å². The molecule has 9 heteroatoms. The molecule has 2 heterocycles. The van der Waals surface area contributed by atoms with Crippen LogP contribution in [0.3, 0.4) is 0 Å². The second-order valence-electron chi connectivity index (χ2n) is 8.46. The third-order valence-corrected chi connectivity index (χ3v) is 6.40. The number of halogens is 1. The Balaban J connectivity index is 0.00000363. The Labute approximate surface area is 210 Å². The van der Waals surface area contributed by atoms with Gasteiger partial charge in [0.25, 0.3) is 0 Å². The minimum absolute atomic E-state index is 0. The Bertz CT molecular complexity index is 676. The van der Waals surface area contributed by atoms with Crippen molar-refractivity contribution in [2.45, 2.75) is 19.0 Å². The summed E-state index contributed by atoms with van der Waals surface area (Å²) in [6.45, 7) is 11.9. The number of hydrogen-bond donors (Lipinski definition) is 2. The Morgan fingerprint density at radius 3 is 2.22 bits per heavy atom. The van der Waals surface area contributed by atoms with E-state index in [0.717, 1.165) is 77.3 Å². The molecule has 0 radical (unpaired) electrons. The van der Waals surface area contributed by atoms with E-state index in [4.69, 9.17) is 9.47 Å². The molecule has 32 heavy (non-hydrogen) atoms. The predicted octanol–water partition coefficient (Wildman–Crippen LogP) is 1.49. The standard InChI is InChI=1S/C23H40N6O2.HI/c1-19(28-11-9-27(3)10-12-28)17-25-23(24-2)26-18-22(29-13-15-31-16-14-29)20-5-7-21(30-4)8-6-20;/h5-8,19,22H,9-18H2,1-4H3,(H2,24,25,26);1H. The van der Waals surface area contributed by atoms with Crippen molar-refractivity contribution in [1.82, 2.24) is 25.3 Å². The van der Waals surface area contributed by atoms with Crippen molar-refractivity contribution in [2.24, 2.45) is 4.99 Å². The van der Waals surface area contributed by atoms with Crippen molar-refractivity contribution in [2.75, 3.05) is 86.8 Å². The lowest BCUT2D eigenvalue weighted by Gasteiger charge is -2.37. The van der Waals surface area contributed by atoms with Crippen LogP contribution in [-0.4, -0.2) is 113 Å². The lowest BCUT2D eigenvalue weighted by molar-refractivity contribution is 0.0170. The van der Waals surface area contributed by atoms with Crippen molar-refractivity contribution in [3.05, 3.63) is 29.8 Å². The molecule has 182 valence electrons. The molecule has 2 aliphatic rings. The molecule has 2 unspecified atom stereocenters. The molecule has 1 aromatic rings. The number of rotatable bonds is 8. The molecule has 1 aromatic carbocycles. The zero-order valence-electron chi connectivity index (χ0n) is 20.0. The highest BCUT2D eigenvalue weighted by atomic mass is 127. The summed E-state index contributed by atoms with van der Waals surface area (Å²) in [6.07, 6.45) is 0. The van der Waals surface area contributed by atoms with E-state index in [1.165, 1.54) is 5.56 Å². The number of methoxy groups -OCH3 is 1. The van der Waals surface area contributed by atoms with Crippen LogP contribution in [0.25, 0.3) is 0 Å². The summed E-state index contributed by atoms with van der Waals surface area (Å²) in [7, 11) is 5.74. The first-order valence-electron chi connectivity index (χ1n) is 11.4. The molecule has 0 aliphatic carbocycles. The van der Waals surface area contributed by atoms with Gasteiger partial charge in [-0.3, -0.25) is 14.8 Å². The third-order valence-electron chi connectivity index (χ3n) is 6.40. The number of ether oxygens (including phenoxy) is 2. The van der Waals surface area contributed by atoms with Crippen molar-refractivity contribution in [1.29, 1.82) is 0 Å². The minimum Gasteiger partial charge on any atom is -0.497 e. The number of nitrogens with one attached hydrogen (secondary N) is 2. The van der Waals surface area contributed by atoms with E-state index in [2.05, 4.69) is 56.4 Å². The molecule has 0 bridgehead atoms. The van der Waals surface area contributed by atoms with E-state index in [9.17, 15) is 0 Å². The highest BCUT2D eigenvalue weighted by Gasteiger charge is 2.23. The number of morpholine rings is 1. The van der Waals surface area contributed by atoms with Crippen LogP contribution in [-0.2, 0) is 4.74 Å². The fourth-order valence-electron chi connectivity index (χ4n) is 4.22. The fourth-order valence-corrected chi connectivity index (χ4v) is 4.22. The van der Waals surface area contributed by atoms with E-state index in [-0.39, 0.29) is 30.0 Å². The van der Waals surface area contributed by atoms with Gasteiger partial charge in [0.1, 0.15) is 5.75 Å². The maximum absolute atomic E-state index is 5.57. The Kier molecular flexibility index (Phi) is 12.0. The van der Waals surface area contributed by atoms with Crippen LogP contribution in [0, 0.1) is 0 Å². The van der Waals surface area contributed by atoms with Gasteiger partial charge < -0.3 is 25.0 Å². The maximum atomic E-state index is 5.57. The first kappa shape index (κ1) is 27.1. The molecule has 2 atom stereocenters. The zero-order chi connectivity index (χ0) is 22.1. The Morgan fingerprint density at radius 1 is 1.00 bits per heavy atom. The lowest BCUT2D eigenvalue weighted by atomic mass is 10.0. The number of nitrogens with zero attached hydrogens (tertiary/aromatic N) is 4. The molecular weight excluding hydrogens is 519 g/mol. The number of hydrogen-bond acceptors (Lipinski definition) is 6. The summed E-state index contributed by atoms with van der Waals surface area (Å²) in [6, 6.07) is 9.12. The molecule has 8 nitrogen and oxygen atoms in total. The van der Waals surface area contributed by atoms with Crippen LogP contribution in [0.15, 0.2) is 29.3 Å². The van der Waals surface area contributed by atoms with Crippen LogP contribution in [0.1, 0.15) is 18.5 Å². The fraction of sp³-hybridized carbons (Fsp3) is 0.696. The Morgan fingerprint density at radius 2 is 1.62 bits per heavy atom. The highest BCUT2D eigenvalue weighted by molar-refractivity contribution is 14.0. The van der Waals surface area contributed by atoms with Gasteiger partial charge in [-0.05, 0) is 31.7 Å². The van der Waals surface area contributed by atoms with Gasteiger partial charge in [0.05, 0.1) is 26.4 Å². The van der Waals surface area contributed by atoms with Gasteiger partial charge in [-0.2, -0.15) is 0 Å². The largest absolute Gasteiger partial charge is 0.497 e. The third kappa shape index (κ3) is 8.02. The number of likely N-dealkylation sites (N-methyl/N-ethyl adjacent to an activating group) is 1. The summed E-state index contributed by atoms with van der Waals surface area (Å²) >= 11 is 0. The second kappa shape index (κ2) is 14.2. The van der Waals surface area contributed by atoms with Crippen molar-refractivity contribution < 1.29 is 9.47 Å². The molecule has 0 spiro atoms. The van der Waals surface area contributed by atoms with Gasteiger partial charge in [-0.15, -0.1) is 24.0 Å². The number of benzene rings is 1. The quantitative estimate of drug-likeness (QED) is 0.284. The van der Waals surface area contributed by atoms with Gasteiger partial charge in [0.2, 0.25) is 0 Å². The van der Waals surface area contributed by atoms with Crippen LogP contribution in [0.4, 0.5) is 0 Å².